The molecule has 0 aromatic heterocycles. The van der Waals surface area contributed by atoms with Crippen molar-refractivity contribution in [1.29, 1.82) is 0 Å². The average Bonchev–Trinajstić information content (AvgIpc) is 3.42. The Kier molecular flexibility index (Phi) is 8.70. The van der Waals surface area contributed by atoms with Gasteiger partial charge in [-0.15, -0.1) is 0 Å². The summed E-state index contributed by atoms with van der Waals surface area (Å²) in [7, 11) is 0. The van der Waals surface area contributed by atoms with Gasteiger partial charge in [0.1, 0.15) is 25.3 Å². The van der Waals surface area contributed by atoms with E-state index >= 15 is 0 Å². The lowest BCUT2D eigenvalue weighted by Crippen LogP contribution is -2.52. The molecule has 4 rings (SSSR count). The summed E-state index contributed by atoms with van der Waals surface area (Å²) in [4.78, 5) is 40.4. The van der Waals surface area contributed by atoms with E-state index in [1.165, 1.54) is 4.90 Å². The molecule has 36 heavy (non-hydrogen) atoms. The summed E-state index contributed by atoms with van der Waals surface area (Å²) in [5.41, 5.74) is 2.62. The Labute approximate surface area is 211 Å². The largest absolute Gasteiger partial charge is 0.459 e. The van der Waals surface area contributed by atoms with Crippen LogP contribution < -0.4 is 5.32 Å². The number of rotatable bonds is 9. The normalized spacial score (nSPS) is 15.7. The molecule has 7 nitrogen and oxygen atoms in total. The van der Waals surface area contributed by atoms with Crippen molar-refractivity contribution < 1.29 is 23.9 Å². The Bertz CT molecular complexity index is 1140. The third-order valence-electron chi connectivity index (χ3n) is 6.10. The number of amides is 2. The van der Waals surface area contributed by atoms with Crippen LogP contribution in [0.3, 0.4) is 0 Å². The molecule has 2 amide bonds. The van der Waals surface area contributed by atoms with Gasteiger partial charge in [0.15, 0.2) is 0 Å². The van der Waals surface area contributed by atoms with E-state index in [-0.39, 0.29) is 25.5 Å². The fourth-order valence-corrected chi connectivity index (χ4v) is 4.20. The summed E-state index contributed by atoms with van der Waals surface area (Å²) in [5.74, 6) is -0.908. The molecule has 1 aliphatic heterocycles. The second-order valence-electron chi connectivity index (χ2n) is 8.74. The van der Waals surface area contributed by atoms with Crippen LogP contribution in [0.4, 0.5) is 4.79 Å². The number of hydrogen-bond donors (Lipinski definition) is 1. The fourth-order valence-electron chi connectivity index (χ4n) is 4.20. The first kappa shape index (κ1) is 25.0. The van der Waals surface area contributed by atoms with Crippen LogP contribution in [0.2, 0.25) is 0 Å². The Morgan fingerprint density at radius 2 is 1.31 bits per heavy atom. The molecule has 0 spiro atoms. The van der Waals surface area contributed by atoms with Crippen molar-refractivity contribution in [2.75, 3.05) is 6.54 Å². The summed E-state index contributed by atoms with van der Waals surface area (Å²) in [5, 5.41) is 2.84. The Hall–Kier alpha value is -4.13. The van der Waals surface area contributed by atoms with Crippen molar-refractivity contribution in [3.8, 4) is 0 Å². The van der Waals surface area contributed by atoms with Gasteiger partial charge in [-0.05, 0) is 29.5 Å². The zero-order valence-corrected chi connectivity index (χ0v) is 20.0. The van der Waals surface area contributed by atoms with Crippen LogP contribution in [-0.2, 0) is 38.7 Å². The highest BCUT2D eigenvalue weighted by atomic mass is 16.6. The van der Waals surface area contributed by atoms with Crippen LogP contribution in [0.5, 0.6) is 0 Å². The second kappa shape index (κ2) is 12.5. The van der Waals surface area contributed by atoms with Gasteiger partial charge in [-0.1, -0.05) is 91.0 Å². The first-order chi connectivity index (χ1) is 17.6. The van der Waals surface area contributed by atoms with E-state index in [1.807, 2.05) is 91.0 Å². The standard InChI is InChI=1S/C29H30N2O5/c32-27(26-17-10-18-31(26)29(34)36-21-24-15-8-3-9-16-24)30-25(19-22-11-4-1-5-12-22)28(33)35-20-23-13-6-2-7-14-23/h1-9,11-16,25-26H,10,17-21H2,(H,30,32)/t25-,26?/m0/s1. The molecule has 1 fully saturated rings. The SMILES string of the molecule is O=C(N[C@@H](Cc1ccccc1)C(=O)OCc1ccccc1)C1CCCN1C(=O)OCc1ccccc1. The van der Waals surface area contributed by atoms with E-state index < -0.39 is 24.1 Å². The number of esters is 1. The number of nitrogens with one attached hydrogen (secondary N) is 1. The lowest BCUT2D eigenvalue weighted by Gasteiger charge is -2.25. The molecule has 0 aliphatic carbocycles. The van der Waals surface area contributed by atoms with Gasteiger partial charge in [0.2, 0.25) is 5.91 Å². The Balaban J connectivity index is 1.39. The molecule has 1 N–H and O–H groups in total. The molecule has 0 bridgehead atoms. The molecule has 186 valence electrons. The molecule has 1 aliphatic rings. The highest BCUT2D eigenvalue weighted by molar-refractivity contribution is 5.90. The van der Waals surface area contributed by atoms with Crippen molar-refractivity contribution >= 4 is 18.0 Å². The molecule has 1 saturated heterocycles. The lowest BCUT2D eigenvalue weighted by molar-refractivity contribution is -0.149. The van der Waals surface area contributed by atoms with E-state index in [2.05, 4.69) is 5.32 Å². The van der Waals surface area contributed by atoms with Crippen LogP contribution in [0.15, 0.2) is 91.0 Å². The lowest BCUT2D eigenvalue weighted by atomic mass is 10.1. The summed E-state index contributed by atoms with van der Waals surface area (Å²) in [6.45, 7) is 0.669. The molecule has 0 radical (unpaired) electrons. The van der Waals surface area contributed by atoms with E-state index in [0.29, 0.717) is 19.4 Å². The number of carbonyl (C=O) groups is 3. The van der Waals surface area contributed by atoms with Crippen molar-refractivity contribution in [2.24, 2.45) is 0 Å². The maximum absolute atomic E-state index is 13.2. The average molecular weight is 487 g/mol. The minimum absolute atomic E-state index is 0.113. The third-order valence-corrected chi connectivity index (χ3v) is 6.10. The smallest absolute Gasteiger partial charge is 0.410 e. The first-order valence-corrected chi connectivity index (χ1v) is 12.1. The maximum Gasteiger partial charge on any atom is 0.410 e. The zero-order valence-electron chi connectivity index (χ0n) is 20.0. The molecule has 1 heterocycles. The molecule has 3 aromatic rings. The summed E-state index contributed by atoms with van der Waals surface area (Å²) in [6, 6.07) is 26.6. The molecule has 0 saturated carbocycles. The molecule has 7 heteroatoms. The van der Waals surface area contributed by atoms with Gasteiger partial charge in [-0.3, -0.25) is 9.69 Å². The van der Waals surface area contributed by atoms with Gasteiger partial charge in [-0.25, -0.2) is 9.59 Å². The van der Waals surface area contributed by atoms with Crippen molar-refractivity contribution in [3.05, 3.63) is 108 Å². The van der Waals surface area contributed by atoms with Crippen molar-refractivity contribution in [3.63, 3.8) is 0 Å². The zero-order chi connectivity index (χ0) is 25.2. The minimum Gasteiger partial charge on any atom is -0.459 e. The van der Waals surface area contributed by atoms with Crippen LogP contribution >= 0.6 is 0 Å². The summed E-state index contributed by atoms with van der Waals surface area (Å²) >= 11 is 0. The topological polar surface area (TPSA) is 84.9 Å². The second-order valence-corrected chi connectivity index (χ2v) is 8.74. The Morgan fingerprint density at radius 3 is 1.89 bits per heavy atom. The van der Waals surface area contributed by atoms with Gasteiger partial charge >= 0.3 is 12.1 Å². The van der Waals surface area contributed by atoms with Gasteiger partial charge in [-0.2, -0.15) is 0 Å². The van der Waals surface area contributed by atoms with E-state index in [4.69, 9.17) is 9.47 Å². The number of benzene rings is 3. The van der Waals surface area contributed by atoms with E-state index in [1.54, 1.807) is 0 Å². The highest BCUT2D eigenvalue weighted by Crippen LogP contribution is 2.20. The molecule has 2 atom stereocenters. The van der Waals surface area contributed by atoms with Crippen LogP contribution in [0.25, 0.3) is 0 Å². The number of hydrogen-bond acceptors (Lipinski definition) is 5. The number of ether oxygens (including phenoxy) is 2. The van der Waals surface area contributed by atoms with Crippen molar-refractivity contribution in [2.45, 2.75) is 44.6 Å². The number of carbonyl (C=O) groups excluding carboxylic acids is 3. The molecule has 3 aromatic carbocycles. The first-order valence-electron chi connectivity index (χ1n) is 12.1. The van der Waals surface area contributed by atoms with Crippen LogP contribution in [-0.4, -0.2) is 41.5 Å². The molecular weight excluding hydrogens is 456 g/mol. The van der Waals surface area contributed by atoms with Crippen LogP contribution in [0, 0.1) is 0 Å². The summed E-state index contributed by atoms with van der Waals surface area (Å²) in [6.07, 6.45) is 0.928. The van der Waals surface area contributed by atoms with Gasteiger partial charge in [0.05, 0.1) is 0 Å². The monoisotopic (exact) mass is 486 g/mol. The Morgan fingerprint density at radius 1 is 0.778 bits per heavy atom. The summed E-state index contributed by atoms with van der Waals surface area (Å²) < 4.78 is 11.0. The number of nitrogens with zero attached hydrogens (tertiary/aromatic N) is 1. The molecular formula is C29H30N2O5. The highest BCUT2D eigenvalue weighted by Gasteiger charge is 2.37. The predicted octanol–water partition coefficient (Wildman–Crippen LogP) is 4.26. The fraction of sp³-hybridized carbons (Fsp3) is 0.276. The van der Waals surface area contributed by atoms with E-state index in [9.17, 15) is 14.4 Å². The third kappa shape index (κ3) is 6.95. The van der Waals surface area contributed by atoms with Gasteiger partial charge < -0.3 is 14.8 Å². The van der Waals surface area contributed by atoms with E-state index in [0.717, 1.165) is 16.7 Å². The quantitative estimate of drug-likeness (QED) is 0.457. The van der Waals surface area contributed by atoms with Gasteiger partial charge in [0, 0.05) is 13.0 Å². The van der Waals surface area contributed by atoms with Gasteiger partial charge in [0.25, 0.3) is 0 Å². The van der Waals surface area contributed by atoms with Crippen molar-refractivity contribution in [1.82, 2.24) is 10.2 Å². The molecule has 1 unspecified atom stereocenters. The predicted molar refractivity (Wildman–Crippen MR) is 135 cm³/mol. The number of likely N-dealkylation sites (tertiary alicyclic amines) is 1. The maximum atomic E-state index is 13.2. The van der Waals surface area contributed by atoms with Crippen LogP contribution in [0.1, 0.15) is 29.5 Å². The minimum atomic E-state index is -0.883.